The summed E-state index contributed by atoms with van der Waals surface area (Å²) in [4.78, 5) is 65.0. The van der Waals surface area contributed by atoms with Gasteiger partial charge in [0.15, 0.2) is 5.03 Å². The Labute approximate surface area is 289 Å². The van der Waals surface area contributed by atoms with Gasteiger partial charge in [-0.15, -0.1) is 0 Å². The summed E-state index contributed by atoms with van der Waals surface area (Å²) in [5, 5.41) is 2.22. The number of rotatable bonds is 10. The van der Waals surface area contributed by atoms with Crippen molar-refractivity contribution in [2.45, 2.75) is 55.7 Å². The number of benzene rings is 1. The monoisotopic (exact) mass is 719 g/mol. The number of esters is 1. The van der Waals surface area contributed by atoms with E-state index in [4.69, 9.17) is 4.74 Å². The summed E-state index contributed by atoms with van der Waals surface area (Å²) in [5.74, 6) is -4.53. The summed E-state index contributed by atoms with van der Waals surface area (Å²) in [6.45, 7) is 0. The van der Waals surface area contributed by atoms with Gasteiger partial charge in [-0.1, -0.05) is 12.5 Å². The van der Waals surface area contributed by atoms with Gasteiger partial charge in [0, 0.05) is 37.6 Å². The SMILES string of the molecule is Cn1c(=O)n(-c2ccc(C[C@H](NC(=O)c3cc(F)c(NS(=O)(=O)c4ccccn4)cc3F)C(=O)OC3CCCCC3)nc2)c(=O)c2ccncc21. The van der Waals surface area contributed by atoms with E-state index in [2.05, 4.69) is 20.3 Å². The summed E-state index contributed by atoms with van der Waals surface area (Å²) in [6, 6.07) is 8.04. The van der Waals surface area contributed by atoms with Gasteiger partial charge in [-0.3, -0.25) is 28.8 Å². The van der Waals surface area contributed by atoms with Crippen LogP contribution in [0.25, 0.3) is 16.6 Å². The number of sulfonamides is 1. The van der Waals surface area contributed by atoms with Crippen molar-refractivity contribution in [3.63, 3.8) is 0 Å². The number of ether oxygens (including phenoxy) is 1. The Hall–Kier alpha value is -5.84. The number of nitrogens with one attached hydrogen (secondary N) is 2. The first kappa shape index (κ1) is 35.0. The number of hydrogen-bond donors (Lipinski definition) is 2. The molecule has 17 heteroatoms. The van der Waals surface area contributed by atoms with Crippen molar-refractivity contribution < 1.29 is 31.5 Å². The molecule has 6 rings (SSSR count). The van der Waals surface area contributed by atoms with Crippen LogP contribution in [0.1, 0.15) is 48.2 Å². The summed E-state index contributed by atoms with van der Waals surface area (Å²) >= 11 is 0. The van der Waals surface area contributed by atoms with Crippen LogP contribution in [-0.4, -0.2) is 56.5 Å². The van der Waals surface area contributed by atoms with Crippen LogP contribution in [0, 0.1) is 11.6 Å². The zero-order chi connectivity index (χ0) is 36.3. The van der Waals surface area contributed by atoms with E-state index in [9.17, 15) is 27.6 Å². The van der Waals surface area contributed by atoms with Crippen LogP contribution in [0.3, 0.4) is 0 Å². The topological polar surface area (TPSA) is 184 Å². The Kier molecular flexibility index (Phi) is 9.99. The van der Waals surface area contributed by atoms with Gasteiger partial charge in [-0.2, -0.15) is 8.42 Å². The highest BCUT2D eigenvalue weighted by Gasteiger charge is 2.29. The molecule has 4 aromatic heterocycles. The maximum absolute atomic E-state index is 15.2. The highest BCUT2D eigenvalue weighted by molar-refractivity contribution is 7.92. The summed E-state index contributed by atoms with van der Waals surface area (Å²) < 4.78 is 65.4. The third kappa shape index (κ3) is 7.52. The Morgan fingerprint density at radius 2 is 1.76 bits per heavy atom. The van der Waals surface area contributed by atoms with Crippen LogP contribution < -0.4 is 21.3 Å². The molecule has 0 spiro atoms. The van der Waals surface area contributed by atoms with Crippen LogP contribution in [0.5, 0.6) is 0 Å². The fourth-order valence-corrected chi connectivity index (χ4v) is 6.77. The Balaban J connectivity index is 1.25. The predicted molar refractivity (Wildman–Crippen MR) is 180 cm³/mol. The zero-order valence-electron chi connectivity index (χ0n) is 27.1. The Bertz CT molecular complexity index is 2350. The quantitative estimate of drug-likeness (QED) is 0.203. The highest BCUT2D eigenvalue weighted by atomic mass is 32.2. The smallest absolute Gasteiger partial charge is 0.335 e. The normalized spacial score (nSPS) is 14.2. The van der Waals surface area contributed by atoms with Crippen molar-refractivity contribution in [2.75, 3.05) is 4.72 Å². The van der Waals surface area contributed by atoms with E-state index < -0.39 is 73.2 Å². The molecule has 1 amide bonds. The summed E-state index contributed by atoms with van der Waals surface area (Å²) in [5.41, 5.74) is -2.05. The number of fused-ring (bicyclic) bond motifs is 1. The fraction of sp³-hybridized carbons (Fsp3) is 0.265. The maximum atomic E-state index is 15.2. The number of carbonyl (C=O) groups excluding carboxylic acids is 2. The molecular formula is C34H31F2N7O7S. The maximum Gasteiger partial charge on any atom is 0.335 e. The van der Waals surface area contributed by atoms with Crippen molar-refractivity contribution in [2.24, 2.45) is 7.05 Å². The van der Waals surface area contributed by atoms with E-state index in [0.29, 0.717) is 30.5 Å². The zero-order valence-corrected chi connectivity index (χ0v) is 27.9. The molecule has 0 bridgehead atoms. The van der Waals surface area contributed by atoms with E-state index in [1.54, 1.807) is 0 Å². The lowest BCUT2D eigenvalue weighted by molar-refractivity contribution is -0.152. The number of aryl methyl sites for hydroxylation is 1. The van der Waals surface area contributed by atoms with E-state index >= 15 is 8.78 Å². The highest BCUT2D eigenvalue weighted by Crippen LogP contribution is 2.24. The molecule has 264 valence electrons. The Morgan fingerprint density at radius 3 is 2.47 bits per heavy atom. The molecule has 2 N–H and O–H groups in total. The number of anilines is 1. The van der Waals surface area contributed by atoms with Gasteiger partial charge >= 0.3 is 11.7 Å². The van der Waals surface area contributed by atoms with Gasteiger partial charge in [0.05, 0.1) is 40.2 Å². The lowest BCUT2D eigenvalue weighted by Gasteiger charge is -2.25. The lowest BCUT2D eigenvalue weighted by atomic mass is 9.97. The largest absolute Gasteiger partial charge is 0.461 e. The van der Waals surface area contributed by atoms with Gasteiger partial charge in [-0.05, 0) is 62.1 Å². The molecular weight excluding hydrogens is 688 g/mol. The van der Waals surface area contributed by atoms with E-state index in [0.717, 1.165) is 29.9 Å². The van der Waals surface area contributed by atoms with Gasteiger partial charge in [0.25, 0.3) is 21.5 Å². The predicted octanol–water partition coefficient (Wildman–Crippen LogP) is 3.17. The molecule has 4 heterocycles. The second kappa shape index (κ2) is 14.6. The van der Waals surface area contributed by atoms with Crippen LogP contribution in [-0.2, 0) is 33.0 Å². The number of nitrogens with zero attached hydrogens (tertiary/aromatic N) is 5. The van der Waals surface area contributed by atoms with Crippen molar-refractivity contribution in [1.29, 1.82) is 0 Å². The van der Waals surface area contributed by atoms with Crippen LogP contribution in [0.4, 0.5) is 14.5 Å². The minimum Gasteiger partial charge on any atom is -0.461 e. The first-order valence-corrected chi connectivity index (χ1v) is 17.4. The van der Waals surface area contributed by atoms with Crippen molar-refractivity contribution in [3.05, 3.63) is 117 Å². The molecule has 51 heavy (non-hydrogen) atoms. The average Bonchev–Trinajstić information content (AvgIpc) is 3.13. The summed E-state index contributed by atoms with van der Waals surface area (Å²) in [7, 11) is -2.88. The molecule has 1 saturated carbocycles. The minimum atomic E-state index is -4.38. The Morgan fingerprint density at radius 1 is 0.980 bits per heavy atom. The molecule has 5 aromatic rings. The van der Waals surface area contributed by atoms with E-state index in [-0.39, 0.29) is 23.2 Å². The van der Waals surface area contributed by atoms with Crippen molar-refractivity contribution in [1.82, 2.24) is 29.4 Å². The lowest BCUT2D eigenvalue weighted by Crippen LogP contribution is -2.45. The average molecular weight is 720 g/mol. The number of aromatic nitrogens is 5. The standard InChI is InChI=1S/C34H31F2N7O7S/c1-42-29-19-37-14-12-23(29)32(45)43(34(42)47)21-11-10-20(39-18-21)15-28(33(46)50-22-7-3-2-4-8-22)40-31(44)24-16-26(36)27(17-25(24)35)41-51(48,49)30-9-5-6-13-38-30/h5-6,9-14,16-19,22,28,41H,2-4,7-8,15H2,1H3,(H,40,44)/t28-/m0/s1. The minimum absolute atomic E-state index is 0.143. The van der Waals surface area contributed by atoms with Gasteiger partial charge in [-0.25, -0.2) is 27.9 Å². The van der Waals surface area contributed by atoms with Crippen molar-refractivity contribution in [3.8, 4) is 5.69 Å². The molecule has 0 radical (unpaired) electrons. The number of amides is 1. The van der Waals surface area contributed by atoms with Crippen LogP contribution >= 0.6 is 0 Å². The number of halogens is 2. The number of pyridine rings is 3. The molecule has 1 aliphatic carbocycles. The van der Waals surface area contributed by atoms with E-state index in [1.807, 2.05) is 4.72 Å². The third-order valence-corrected chi connectivity index (χ3v) is 9.72. The van der Waals surface area contributed by atoms with Gasteiger partial charge in [0.1, 0.15) is 23.8 Å². The van der Waals surface area contributed by atoms with Crippen LogP contribution in [0.15, 0.2) is 87.9 Å². The molecule has 1 aliphatic rings. The first-order valence-electron chi connectivity index (χ1n) is 15.9. The third-order valence-electron chi connectivity index (χ3n) is 8.44. The molecule has 1 fully saturated rings. The molecule has 0 aliphatic heterocycles. The molecule has 14 nitrogen and oxygen atoms in total. The molecule has 1 aromatic carbocycles. The van der Waals surface area contributed by atoms with Crippen LogP contribution in [0.2, 0.25) is 0 Å². The van der Waals surface area contributed by atoms with Gasteiger partial charge < -0.3 is 10.1 Å². The second-order valence-corrected chi connectivity index (χ2v) is 13.5. The first-order chi connectivity index (χ1) is 24.4. The fourth-order valence-electron chi connectivity index (χ4n) is 5.76. The summed E-state index contributed by atoms with van der Waals surface area (Å²) in [6.07, 6.45) is 8.61. The van der Waals surface area contributed by atoms with Gasteiger partial charge in [0.2, 0.25) is 0 Å². The molecule has 0 saturated heterocycles. The number of carbonyl (C=O) groups is 2. The van der Waals surface area contributed by atoms with Crippen molar-refractivity contribution >= 4 is 38.5 Å². The van der Waals surface area contributed by atoms with E-state index in [1.165, 1.54) is 66.7 Å². The molecule has 0 unspecified atom stereocenters. The number of hydrogen-bond acceptors (Lipinski definition) is 10. The molecule has 1 atom stereocenters. The second-order valence-electron chi connectivity index (χ2n) is 11.9.